The molecule has 0 radical (unpaired) electrons. The second-order valence-corrected chi connectivity index (χ2v) is 8.05. The SMILES string of the molecule is CCNC(=NCc1nccn1CCCc1ccccc1)N1CCN(Cc2ccon2)CC1. The second-order valence-electron chi connectivity index (χ2n) is 8.05. The van der Waals surface area contributed by atoms with Crippen LogP contribution in [0.15, 0.2) is 64.6 Å². The molecular formula is C24H33N7O. The maximum absolute atomic E-state index is 4.95. The number of hydrogen-bond acceptors (Lipinski definition) is 5. The first-order valence-electron chi connectivity index (χ1n) is 11.5. The van der Waals surface area contributed by atoms with Crippen LogP contribution in [0.5, 0.6) is 0 Å². The van der Waals surface area contributed by atoms with Gasteiger partial charge in [-0.3, -0.25) is 4.90 Å². The van der Waals surface area contributed by atoms with Gasteiger partial charge in [-0.1, -0.05) is 35.5 Å². The van der Waals surface area contributed by atoms with Crippen molar-refractivity contribution >= 4 is 5.96 Å². The molecule has 0 aliphatic carbocycles. The van der Waals surface area contributed by atoms with E-state index >= 15 is 0 Å². The van der Waals surface area contributed by atoms with E-state index in [4.69, 9.17) is 9.52 Å². The van der Waals surface area contributed by atoms with Crippen molar-refractivity contribution in [3.8, 4) is 0 Å². The number of piperazine rings is 1. The van der Waals surface area contributed by atoms with Gasteiger partial charge in [0.1, 0.15) is 18.6 Å². The molecule has 1 fully saturated rings. The van der Waals surface area contributed by atoms with Crippen LogP contribution in [0.2, 0.25) is 0 Å². The molecule has 3 aromatic rings. The van der Waals surface area contributed by atoms with Crippen LogP contribution in [0.25, 0.3) is 0 Å². The molecular weight excluding hydrogens is 402 g/mol. The maximum Gasteiger partial charge on any atom is 0.194 e. The van der Waals surface area contributed by atoms with Gasteiger partial charge in [-0.05, 0) is 25.3 Å². The van der Waals surface area contributed by atoms with E-state index in [0.29, 0.717) is 6.54 Å². The normalized spacial score (nSPS) is 15.3. The predicted octanol–water partition coefficient (Wildman–Crippen LogP) is 2.79. The number of aryl methyl sites for hydroxylation is 2. The predicted molar refractivity (Wildman–Crippen MR) is 125 cm³/mol. The Morgan fingerprint density at radius 3 is 2.72 bits per heavy atom. The number of imidazole rings is 1. The number of nitrogens with zero attached hydrogens (tertiary/aromatic N) is 6. The van der Waals surface area contributed by atoms with Crippen molar-refractivity contribution in [2.45, 2.75) is 39.4 Å². The van der Waals surface area contributed by atoms with Crippen LogP contribution < -0.4 is 5.32 Å². The van der Waals surface area contributed by atoms with E-state index in [2.05, 4.69) is 73.3 Å². The molecule has 170 valence electrons. The van der Waals surface area contributed by atoms with Crippen LogP contribution in [-0.4, -0.2) is 63.2 Å². The molecule has 1 aliphatic rings. The van der Waals surface area contributed by atoms with E-state index in [0.717, 1.165) is 76.1 Å². The molecule has 8 nitrogen and oxygen atoms in total. The lowest BCUT2D eigenvalue weighted by Gasteiger charge is -2.36. The molecule has 0 unspecified atom stereocenters. The van der Waals surface area contributed by atoms with E-state index in [1.165, 1.54) is 5.56 Å². The van der Waals surface area contributed by atoms with Crippen LogP contribution in [0.1, 0.15) is 30.4 Å². The quantitative estimate of drug-likeness (QED) is 0.412. The summed E-state index contributed by atoms with van der Waals surface area (Å²) in [4.78, 5) is 14.2. The average Bonchev–Trinajstić information content (AvgIpc) is 3.50. The average molecular weight is 436 g/mol. The van der Waals surface area contributed by atoms with Gasteiger partial charge in [-0.2, -0.15) is 0 Å². The molecule has 1 N–H and O–H groups in total. The molecule has 4 rings (SSSR count). The Morgan fingerprint density at radius 2 is 1.97 bits per heavy atom. The lowest BCUT2D eigenvalue weighted by molar-refractivity contribution is 0.169. The van der Waals surface area contributed by atoms with Crippen LogP contribution in [0.4, 0.5) is 0 Å². The number of hydrogen-bond donors (Lipinski definition) is 1. The van der Waals surface area contributed by atoms with Gasteiger partial charge in [-0.25, -0.2) is 9.98 Å². The Bertz CT molecular complexity index is 944. The molecule has 2 aromatic heterocycles. The van der Waals surface area contributed by atoms with Crippen molar-refractivity contribution in [1.29, 1.82) is 0 Å². The molecule has 0 spiro atoms. The molecule has 0 atom stereocenters. The fourth-order valence-corrected chi connectivity index (χ4v) is 4.03. The lowest BCUT2D eigenvalue weighted by Crippen LogP contribution is -2.52. The minimum absolute atomic E-state index is 0.583. The van der Waals surface area contributed by atoms with Crippen molar-refractivity contribution in [3.05, 3.63) is 72.1 Å². The molecule has 8 heteroatoms. The van der Waals surface area contributed by atoms with Crippen molar-refractivity contribution in [1.82, 2.24) is 29.8 Å². The van der Waals surface area contributed by atoms with Gasteiger partial charge in [0.25, 0.3) is 0 Å². The third-order valence-corrected chi connectivity index (χ3v) is 5.76. The number of aromatic nitrogens is 3. The van der Waals surface area contributed by atoms with Crippen LogP contribution in [-0.2, 0) is 26.1 Å². The fraction of sp³-hybridized carbons (Fsp3) is 0.458. The molecule has 0 amide bonds. The minimum atomic E-state index is 0.583. The lowest BCUT2D eigenvalue weighted by atomic mass is 10.1. The Balaban J connectivity index is 1.29. The number of nitrogens with one attached hydrogen (secondary N) is 1. The van der Waals surface area contributed by atoms with Crippen molar-refractivity contribution < 1.29 is 4.52 Å². The van der Waals surface area contributed by atoms with Gasteiger partial charge < -0.3 is 19.3 Å². The zero-order valence-electron chi connectivity index (χ0n) is 18.9. The second kappa shape index (κ2) is 11.5. The molecule has 32 heavy (non-hydrogen) atoms. The van der Waals surface area contributed by atoms with Gasteiger partial charge in [0.05, 0.1) is 5.69 Å². The first kappa shape index (κ1) is 22.1. The first-order valence-corrected chi connectivity index (χ1v) is 11.5. The van der Waals surface area contributed by atoms with E-state index in [1.54, 1.807) is 6.26 Å². The standard InChI is InChI=1S/C24H33N7O/c1-2-25-24(31-16-14-29(15-17-31)20-22-10-18-32-28-22)27-19-23-26-11-13-30(23)12-6-9-21-7-4-3-5-8-21/h3-5,7-8,10-11,13,18H,2,6,9,12,14-17,19-20H2,1H3,(H,25,27). The molecule has 3 heterocycles. The Kier molecular flexibility index (Phi) is 7.92. The Hall–Kier alpha value is -3.13. The van der Waals surface area contributed by atoms with Crippen LogP contribution in [0.3, 0.4) is 0 Å². The van der Waals surface area contributed by atoms with E-state index in [1.807, 2.05) is 12.3 Å². The molecule has 1 aliphatic heterocycles. The van der Waals surface area contributed by atoms with Crippen molar-refractivity contribution in [2.24, 2.45) is 4.99 Å². The summed E-state index contributed by atoms with van der Waals surface area (Å²) in [7, 11) is 0. The van der Waals surface area contributed by atoms with E-state index in [9.17, 15) is 0 Å². The largest absolute Gasteiger partial charge is 0.364 e. The molecule has 1 aromatic carbocycles. The smallest absolute Gasteiger partial charge is 0.194 e. The van der Waals surface area contributed by atoms with E-state index in [-0.39, 0.29) is 0 Å². The highest BCUT2D eigenvalue weighted by Crippen LogP contribution is 2.09. The molecule has 1 saturated heterocycles. The molecule has 0 saturated carbocycles. The highest BCUT2D eigenvalue weighted by molar-refractivity contribution is 5.80. The summed E-state index contributed by atoms with van der Waals surface area (Å²) in [6.45, 7) is 9.17. The first-order chi connectivity index (χ1) is 15.8. The summed E-state index contributed by atoms with van der Waals surface area (Å²) >= 11 is 0. The summed E-state index contributed by atoms with van der Waals surface area (Å²) in [5.74, 6) is 1.98. The summed E-state index contributed by atoms with van der Waals surface area (Å²) in [5.41, 5.74) is 2.36. The maximum atomic E-state index is 4.95. The van der Waals surface area contributed by atoms with Crippen LogP contribution >= 0.6 is 0 Å². The monoisotopic (exact) mass is 435 g/mol. The summed E-state index contributed by atoms with van der Waals surface area (Å²) in [5, 5.41) is 7.48. The Labute approximate surface area is 189 Å². The summed E-state index contributed by atoms with van der Waals surface area (Å²) < 4.78 is 7.18. The van der Waals surface area contributed by atoms with Gasteiger partial charge in [0, 0.05) is 64.3 Å². The highest BCUT2D eigenvalue weighted by atomic mass is 16.5. The Morgan fingerprint density at radius 1 is 1.12 bits per heavy atom. The van der Waals surface area contributed by atoms with E-state index < -0.39 is 0 Å². The number of benzene rings is 1. The highest BCUT2D eigenvalue weighted by Gasteiger charge is 2.20. The zero-order valence-corrected chi connectivity index (χ0v) is 18.9. The van der Waals surface area contributed by atoms with Crippen LogP contribution in [0, 0.1) is 0 Å². The topological polar surface area (TPSA) is 74.7 Å². The minimum Gasteiger partial charge on any atom is -0.364 e. The molecule has 0 bridgehead atoms. The van der Waals surface area contributed by atoms with Crippen molar-refractivity contribution in [2.75, 3.05) is 32.7 Å². The van der Waals surface area contributed by atoms with Crippen molar-refractivity contribution in [3.63, 3.8) is 0 Å². The van der Waals surface area contributed by atoms with Gasteiger partial charge in [0.2, 0.25) is 0 Å². The number of guanidine groups is 1. The van der Waals surface area contributed by atoms with Gasteiger partial charge in [-0.15, -0.1) is 0 Å². The number of rotatable bonds is 9. The fourth-order valence-electron chi connectivity index (χ4n) is 4.03. The third kappa shape index (κ3) is 6.20. The summed E-state index contributed by atoms with van der Waals surface area (Å²) in [6.07, 6.45) is 7.73. The van der Waals surface area contributed by atoms with Gasteiger partial charge in [0.15, 0.2) is 5.96 Å². The third-order valence-electron chi connectivity index (χ3n) is 5.76. The number of aliphatic imine (C=N–C) groups is 1. The zero-order chi connectivity index (χ0) is 22.0. The van der Waals surface area contributed by atoms with Gasteiger partial charge >= 0.3 is 0 Å². The summed E-state index contributed by atoms with van der Waals surface area (Å²) in [6, 6.07) is 12.6.